The van der Waals surface area contributed by atoms with E-state index in [0.717, 1.165) is 12.8 Å². The maximum absolute atomic E-state index is 11.2. The molecule has 2 aliphatic rings. The Morgan fingerprint density at radius 1 is 1.27 bits per heavy atom. The van der Waals surface area contributed by atoms with Crippen LogP contribution >= 0.6 is 0 Å². The van der Waals surface area contributed by atoms with Gasteiger partial charge in [0, 0.05) is 6.42 Å². The third-order valence-electron chi connectivity index (χ3n) is 2.42. The van der Waals surface area contributed by atoms with Crippen molar-refractivity contribution in [2.75, 3.05) is 6.61 Å². The van der Waals surface area contributed by atoms with Crippen molar-refractivity contribution in [3.8, 4) is 0 Å². The van der Waals surface area contributed by atoms with Gasteiger partial charge in [-0.2, -0.15) is 0 Å². The fourth-order valence-corrected chi connectivity index (χ4v) is 1.85. The van der Waals surface area contributed by atoms with Crippen LogP contribution in [0.4, 0.5) is 0 Å². The average molecular weight is 154 g/mol. The highest BCUT2D eigenvalue weighted by Crippen LogP contribution is 2.29. The first kappa shape index (κ1) is 6.98. The van der Waals surface area contributed by atoms with Gasteiger partial charge in [-0.3, -0.25) is 9.59 Å². The smallest absolute Gasteiger partial charge is 0.171 e. The minimum absolute atomic E-state index is 0.0142. The number of carbonyl (C=O) groups excluding carboxylic acids is 2. The number of Topliss-reactive ketones (excluding diaryl/α,β-unsaturated/α-hetero) is 2. The van der Waals surface area contributed by atoms with E-state index in [1.165, 1.54) is 0 Å². The minimum Gasteiger partial charge on any atom is -0.369 e. The molecule has 1 saturated carbocycles. The molecule has 11 heavy (non-hydrogen) atoms. The SMILES string of the molecule is O=C1CCCC2OCC(=O)C12. The Morgan fingerprint density at radius 2 is 2.09 bits per heavy atom. The molecule has 2 fully saturated rings. The van der Waals surface area contributed by atoms with Crippen molar-refractivity contribution in [2.24, 2.45) is 5.92 Å². The summed E-state index contributed by atoms with van der Waals surface area (Å²) in [4.78, 5) is 22.3. The first-order valence-electron chi connectivity index (χ1n) is 3.96. The predicted octanol–water partition coefficient (Wildman–Crippen LogP) is 0.323. The second-order valence-electron chi connectivity index (χ2n) is 3.15. The molecule has 1 heterocycles. The van der Waals surface area contributed by atoms with E-state index in [4.69, 9.17) is 4.74 Å². The zero-order chi connectivity index (χ0) is 7.84. The van der Waals surface area contributed by atoms with E-state index in [2.05, 4.69) is 0 Å². The molecule has 1 aliphatic heterocycles. The number of hydrogen-bond donors (Lipinski definition) is 0. The molecule has 3 heteroatoms. The average Bonchev–Trinajstić information content (AvgIpc) is 2.34. The molecule has 0 aromatic heterocycles. The number of ether oxygens (including phenoxy) is 1. The van der Waals surface area contributed by atoms with Crippen LogP contribution in [0.15, 0.2) is 0 Å². The first-order chi connectivity index (χ1) is 5.29. The molecular formula is C8H10O3. The third kappa shape index (κ3) is 0.997. The van der Waals surface area contributed by atoms with Gasteiger partial charge in [-0.15, -0.1) is 0 Å². The number of rotatable bonds is 0. The largest absolute Gasteiger partial charge is 0.369 e. The summed E-state index contributed by atoms with van der Waals surface area (Å²) in [5.74, 6) is -0.327. The minimum atomic E-state index is -0.399. The Labute approximate surface area is 64.7 Å². The predicted molar refractivity (Wildman–Crippen MR) is 37.1 cm³/mol. The molecule has 0 aromatic rings. The van der Waals surface area contributed by atoms with Gasteiger partial charge in [-0.05, 0) is 12.8 Å². The Kier molecular flexibility index (Phi) is 1.53. The van der Waals surface area contributed by atoms with E-state index in [-0.39, 0.29) is 24.3 Å². The van der Waals surface area contributed by atoms with Gasteiger partial charge in [0.25, 0.3) is 0 Å². The number of fused-ring (bicyclic) bond motifs is 1. The molecule has 2 rings (SSSR count). The lowest BCUT2D eigenvalue weighted by Crippen LogP contribution is -2.32. The molecule has 0 N–H and O–H groups in total. The van der Waals surface area contributed by atoms with Crippen LogP contribution in [0, 0.1) is 5.92 Å². The van der Waals surface area contributed by atoms with Crippen molar-refractivity contribution in [3.63, 3.8) is 0 Å². The topological polar surface area (TPSA) is 43.4 Å². The quantitative estimate of drug-likeness (QED) is 0.472. The third-order valence-corrected chi connectivity index (χ3v) is 2.42. The molecular weight excluding hydrogens is 144 g/mol. The standard InChI is InChI=1S/C8H10O3/c9-5-2-1-3-7-8(5)6(10)4-11-7/h7-8H,1-4H2. The number of ketones is 2. The van der Waals surface area contributed by atoms with E-state index in [0.29, 0.717) is 6.42 Å². The van der Waals surface area contributed by atoms with Crippen molar-refractivity contribution in [3.05, 3.63) is 0 Å². The molecule has 1 saturated heterocycles. The van der Waals surface area contributed by atoms with Crippen LogP contribution in [0.2, 0.25) is 0 Å². The molecule has 0 radical (unpaired) electrons. The summed E-state index contributed by atoms with van der Waals surface area (Å²) < 4.78 is 5.17. The molecule has 2 atom stereocenters. The van der Waals surface area contributed by atoms with Gasteiger partial charge in [0.1, 0.15) is 18.3 Å². The number of carbonyl (C=O) groups is 2. The van der Waals surface area contributed by atoms with Crippen LogP contribution in [0.1, 0.15) is 19.3 Å². The van der Waals surface area contributed by atoms with Gasteiger partial charge in [0.2, 0.25) is 0 Å². The van der Waals surface area contributed by atoms with E-state index in [1.807, 2.05) is 0 Å². The van der Waals surface area contributed by atoms with Gasteiger partial charge < -0.3 is 4.74 Å². The molecule has 2 unspecified atom stereocenters. The highest BCUT2D eigenvalue weighted by atomic mass is 16.5. The van der Waals surface area contributed by atoms with Gasteiger partial charge in [0.05, 0.1) is 6.10 Å². The summed E-state index contributed by atoms with van der Waals surface area (Å²) in [6.45, 7) is 0.154. The van der Waals surface area contributed by atoms with Crippen LogP contribution in [0.3, 0.4) is 0 Å². The van der Waals surface area contributed by atoms with Crippen molar-refractivity contribution in [1.29, 1.82) is 0 Å². The maximum atomic E-state index is 11.2. The van der Waals surface area contributed by atoms with Gasteiger partial charge >= 0.3 is 0 Å². The van der Waals surface area contributed by atoms with E-state index < -0.39 is 5.92 Å². The molecule has 0 aromatic carbocycles. The van der Waals surface area contributed by atoms with Gasteiger partial charge in [-0.1, -0.05) is 0 Å². The fourth-order valence-electron chi connectivity index (χ4n) is 1.85. The second kappa shape index (κ2) is 2.41. The Morgan fingerprint density at radius 3 is 2.82 bits per heavy atom. The van der Waals surface area contributed by atoms with Crippen LogP contribution in [-0.2, 0) is 14.3 Å². The molecule has 3 nitrogen and oxygen atoms in total. The van der Waals surface area contributed by atoms with Crippen LogP contribution < -0.4 is 0 Å². The van der Waals surface area contributed by atoms with Crippen molar-refractivity contribution in [2.45, 2.75) is 25.4 Å². The summed E-state index contributed by atoms with van der Waals surface area (Å²) in [5, 5.41) is 0. The first-order valence-corrected chi connectivity index (χ1v) is 3.96. The Hall–Kier alpha value is -0.700. The van der Waals surface area contributed by atoms with E-state index >= 15 is 0 Å². The van der Waals surface area contributed by atoms with Crippen LogP contribution in [0.5, 0.6) is 0 Å². The Balaban J connectivity index is 2.21. The lowest BCUT2D eigenvalue weighted by Gasteiger charge is -2.20. The van der Waals surface area contributed by atoms with E-state index in [9.17, 15) is 9.59 Å². The monoisotopic (exact) mass is 154 g/mol. The summed E-state index contributed by atoms with van der Waals surface area (Å²) in [7, 11) is 0. The Bertz CT molecular complexity index is 209. The van der Waals surface area contributed by atoms with Crippen molar-refractivity contribution in [1.82, 2.24) is 0 Å². The summed E-state index contributed by atoms with van der Waals surface area (Å²) >= 11 is 0. The summed E-state index contributed by atoms with van der Waals surface area (Å²) in [5.41, 5.74) is 0. The lowest BCUT2D eigenvalue weighted by molar-refractivity contribution is -0.132. The molecule has 60 valence electrons. The summed E-state index contributed by atoms with van der Waals surface area (Å²) in [6, 6.07) is 0. The fraction of sp³-hybridized carbons (Fsp3) is 0.750. The molecule has 0 amide bonds. The van der Waals surface area contributed by atoms with Crippen molar-refractivity contribution < 1.29 is 14.3 Å². The molecule has 0 bridgehead atoms. The van der Waals surface area contributed by atoms with E-state index in [1.54, 1.807) is 0 Å². The number of hydrogen-bond acceptors (Lipinski definition) is 3. The lowest BCUT2D eigenvalue weighted by atomic mass is 9.84. The second-order valence-corrected chi connectivity index (χ2v) is 3.15. The highest BCUT2D eigenvalue weighted by molar-refractivity contribution is 6.05. The zero-order valence-electron chi connectivity index (χ0n) is 6.21. The molecule has 0 spiro atoms. The highest BCUT2D eigenvalue weighted by Gasteiger charge is 2.42. The maximum Gasteiger partial charge on any atom is 0.171 e. The normalized spacial score (nSPS) is 37.5. The van der Waals surface area contributed by atoms with Crippen LogP contribution in [-0.4, -0.2) is 24.3 Å². The van der Waals surface area contributed by atoms with Crippen molar-refractivity contribution >= 4 is 11.6 Å². The zero-order valence-corrected chi connectivity index (χ0v) is 6.21. The summed E-state index contributed by atoms with van der Waals surface area (Å²) in [6.07, 6.45) is 2.25. The van der Waals surface area contributed by atoms with Gasteiger partial charge in [-0.25, -0.2) is 0 Å². The van der Waals surface area contributed by atoms with Crippen LogP contribution in [0.25, 0.3) is 0 Å². The van der Waals surface area contributed by atoms with Gasteiger partial charge in [0.15, 0.2) is 5.78 Å². The molecule has 1 aliphatic carbocycles.